The van der Waals surface area contributed by atoms with Gasteiger partial charge in [0.2, 0.25) is 0 Å². The minimum atomic E-state index is 0.327. The van der Waals surface area contributed by atoms with E-state index < -0.39 is 0 Å². The Morgan fingerprint density at radius 1 is 1.64 bits per heavy atom. The molecule has 1 rings (SSSR count). The molecule has 1 aliphatic carbocycles. The molecule has 1 N–H and O–H groups in total. The highest BCUT2D eigenvalue weighted by molar-refractivity contribution is 4.99. The number of hydrogen-bond acceptors (Lipinski definition) is 3. The fourth-order valence-electron chi connectivity index (χ4n) is 1.28. The molecular formula is C8H15NO2. The Bertz CT molecular complexity index is 136. The summed E-state index contributed by atoms with van der Waals surface area (Å²) in [6.45, 7) is 2.08. The molecule has 1 aliphatic rings. The van der Waals surface area contributed by atoms with E-state index in [1.807, 2.05) is 0 Å². The Labute approximate surface area is 67.3 Å². The lowest BCUT2D eigenvalue weighted by molar-refractivity contribution is -0.324. The van der Waals surface area contributed by atoms with Gasteiger partial charge in [-0.05, 0) is 25.7 Å². The van der Waals surface area contributed by atoms with Gasteiger partial charge in [0.25, 0.3) is 0 Å². The third kappa shape index (κ3) is 2.61. The number of hydrogen-bond donors (Lipinski definition) is 1. The molecule has 0 bridgehead atoms. The molecule has 0 spiro atoms. The molecular weight excluding hydrogens is 142 g/mol. The highest BCUT2D eigenvalue weighted by Gasteiger charge is 2.16. The summed E-state index contributed by atoms with van der Waals surface area (Å²) in [7, 11) is 1.49. The van der Waals surface area contributed by atoms with Crippen molar-refractivity contribution >= 4 is 0 Å². The fraction of sp³-hybridized carbons (Fsp3) is 0.750. The summed E-state index contributed by atoms with van der Waals surface area (Å²) in [5, 5.41) is 0. The number of allylic oxidation sites excluding steroid dienone is 1. The zero-order valence-corrected chi connectivity index (χ0v) is 7.04. The second-order valence-electron chi connectivity index (χ2n) is 2.83. The highest BCUT2D eigenvalue weighted by atomic mass is 17.3. The molecule has 0 aromatic carbocycles. The fourth-order valence-corrected chi connectivity index (χ4v) is 1.28. The van der Waals surface area contributed by atoms with E-state index >= 15 is 0 Å². The van der Waals surface area contributed by atoms with Crippen molar-refractivity contribution in [1.82, 2.24) is 5.48 Å². The van der Waals surface area contributed by atoms with Gasteiger partial charge in [0.1, 0.15) is 0 Å². The minimum absolute atomic E-state index is 0.327. The quantitative estimate of drug-likeness (QED) is 0.380. The standard InChI is InChI=1S/C8H15NO2/c1-7(9-11-10-2)8-5-3-4-6-8/h3,5,7-9H,4,6H2,1-2H3. The normalized spacial score (nSPS) is 25.8. The number of nitrogens with one attached hydrogen (secondary N) is 1. The van der Waals surface area contributed by atoms with Crippen LogP contribution < -0.4 is 5.48 Å². The molecule has 3 heteroatoms. The monoisotopic (exact) mass is 157 g/mol. The molecule has 0 saturated carbocycles. The van der Waals surface area contributed by atoms with Crippen LogP contribution in [0, 0.1) is 5.92 Å². The second-order valence-corrected chi connectivity index (χ2v) is 2.83. The maximum atomic E-state index is 4.62. The molecule has 11 heavy (non-hydrogen) atoms. The summed E-state index contributed by atoms with van der Waals surface area (Å²) in [5.41, 5.74) is 2.80. The largest absolute Gasteiger partial charge is 0.221 e. The van der Waals surface area contributed by atoms with Gasteiger partial charge >= 0.3 is 0 Å². The average molecular weight is 157 g/mol. The molecule has 0 aromatic rings. The number of hydroxylamine groups is 1. The van der Waals surface area contributed by atoms with Crippen molar-refractivity contribution in [2.75, 3.05) is 7.11 Å². The van der Waals surface area contributed by atoms with E-state index in [9.17, 15) is 0 Å². The Morgan fingerprint density at radius 3 is 3.00 bits per heavy atom. The third-order valence-electron chi connectivity index (χ3n) is 2.01. The third-order valence-corrected chi connectivity index (χ3v) is 2.01. The molecule has 0 fully saturated rings. The molecule has 3 nitrogen and oxygen atoms in total. The molecule has 64 valence electrons. The van der Waals surface area contributed by atoms with Crippen LogP contribution in [0.15, 0.2) is 12.2 Å². The van der Waals surface area contributed by atoms with Crippen LogP contribution in [0.25, 0.3) is 0 Å². The summed E-state index contributed by atoms with van der Waals surface area (Å²) in [6.07, 6.45) is 6.82. The van der Waals surface area contributed by atoms with Crippen LogP contribution in [-0.2, 0) is 9.88 Å². The maximum absolute atomic E-state index is 4.62. The van der Waals surface area contributed by atoms with E-state index in [0.29, 0.717) is 12.0 Å². The van der Waals surface area contributed by atoms with Gasteiger partial charge in [0.05, 0.1) is 7.11 Å². The Hall–Kier alpha value is -0.380. The van der Waals surface area contributed by atoms with Gasteiger partial charge in [0.15, 0.2) is 0 Å². The zero-order chi connectivity index (χ0) is 8.10. The van der Waals surface area contributed by atoms with Gasteiger partial charge in [-0.2, -0.15) is 5.48 Å². The summed E-state index contributed by atoms with van der Waals surface area (Å²) in [6, 6.07) is 0.327. The first-order valence-corrected chi connectivity index (χ1v) is 3.96. The summed E-state index contributed by atoms with van der Waals surface area (Å²) in [5.74, 6) is 0.588. The summed E-state index contributed by atoms with van der Waals surface area (Å²) in [4.78, 5) is 9.06. The first kappa shape index (κ1) is 8.71. The van der Waals surface area contributed by atoms with E-state index in [4.69, 9.17) is 0 Å². The summed E-state index contributed by atoms with van der Waals surface area (Å²) < 4.78 is 0. The Kier molecular flexibility index (Phi) is 3.56. The van der Waals surface area contributed by atoms with Gasteiger partial charge in [-0.15, -0.1) is 4.99 Å². The predicted octanol–water partition coefficient (Wildman–Crippen LogP) is 1.42. The lowest BCUT2D eigenvalue weighted by Crippen LogP contribution is -2.31. The van der Waals surface area contributed by atoms with Gasteiger partial charge < -0.3 is 0 Å². The van der Waals surface area contributed by atoms with E-state index in [2.05, 4.69) is 34.4 Å². The molecule has 0 aliphatic heterocycles. The SMILES string of the molecule is COONC(C)C1C=CCC1. The van der Waals surface area contributed by atoms with E-state index in [-0.39, 0.29) is 0 Å². The van der Waals surface area contributed by atoms with Crippen molar-refractivity contribution < 1.29 is 9.88 Å². The van der Waals surface area contributed by atoms with E-state index in [1.165, 1.54) is 20.0 Å². The molecule has 0 aromatic heterocycles. The summed E-state index contributed by atoms with van der Waals surface area (Å²) >= 11 is 0. The van der Waals surface area contributed by atoms with Crippen LogP contribution in [0.5, 0.6) is 0 Å². The molecule has 0 heterocycles. The van der Waals surface area contributed by atoms with E-state index in [0.717, 1.165) is 0 Å². The first-order chi connectivity index (χ1) is 5.34. The van der Waals surface area contributed by atoms with Crippen LogP contribution in [0.4, 0.5) is 0 Å². The van der Waals surface area contributed by atoms with Crippen molar-refractivity contribution in [2.24, 2.45) is 5.92 Å². The Morgan fingerprint density at radius 2 is 2.45 bits per heavy atom. The lowest BCUT2D eigenvalue weighted by atomic mass is 10.0. The lowest BCUT2D eigenvalue weighted by Gasteiger charge is -2.16. The van der Waals surface area contributed by atoms with Crippen molar-refractivity contribution in [3.63, 3.8) is 0 Å². The van der Waals surface area contributed by atoms with Crippen molar-refractivity contribution in [1.29, 1.82) is 0 Å². The number of rotatable bonds is 4. The van der Waals surface area contributed by atoms with Crippen molar-refractivity contribution in [3.8, 4) is 0 Å². The smallest absolute Gasteiger partial charge is 0.0732 e. The molecule has 2 unspecified atom stereocenters. The average Bonchev–Trinajstić information content (AvgIpc) is 2.52. The van der Waals surface area contributed by atoms with Gasteiger partial charge in [-0.3, -0.25) is 0 Å². The molecule has 2 atom stereocenters. The van der Waals surface area contributed by atoms with Crippen LogP contribution in [0.3, 0.4) is 0 Å². The van der Waals surface area contributed by atoms with Crippen molar-refractivity contribution in [2.45, 2.75) is 25.8 Å². The van der Waals surface area contributed by atoms with Crippen LogP contribution in [0.1, 0.15) is 19.8 Å². The minimum Gasteiger partial charge on any atom is -0.221 e. The van der Waals surface area contributed by atoms with Crippen LogP contribution in [-0.4, -0.2) is 13.2 Å². The molecule has 0 radical (unpaired) electrons. The highest BCUT2D eigenvalue weighted by Crippen LogP contribution is 2.20. The molecule has 0 saturated heterocycles. The molecule has 0 amide bonds. The zero-order valence-electron chi connectivity index (χ0n) is 7.04. The maximum Gasteiger partial charge on any atom is 0.0732 e. The second kappa shape index (κ2) is 4.49. The van der Waals surface area contributed by atoms with Gasteiger partial charge in [-0.25, -0.2) is 4.89 Å². The van der Waals surface area contributed by atoms with E-state index in [1.54, 1.807) is 0 Å². The van der Waals surface area contributed by atoms with Crippen molar-refractivity contribution in [3.05, 3.63) is 12.2 Å². The topological polar surface area (TPSA) is 30.5 Å². The predicted molar refractivity (Wildman–Crippen MR) is 42.6 cm³/mol. The van der Waals surface area contributed by atoms with Crippen LogP contribution >= 0.6 is 0 Å². The Balaban J connectivity index is 2.17. The first-order valence-electron chi connectivity index (χ1n) is 3.96. The van der Waals surface area contributed by atoms with Crippen LogP contribution in [0.2, 0.25) is 0 Å². The van der Waals surface area contributed by atoms with Gasteiger partial charge in [-0.1, -0.05) is 12.2 Å². The van der Waals surface area contributed by atoms with Gasteiger partial charge in [0, 0.05) is 6.04 Å².